The zero-order chi connectivity index (χ0) is 20.4. The molecule has 0 unspecified atom stereocenters. The highest BCUT2D eigenvalue weighted by molar-refractivity contribution is 6.43. The van der Waals surface area contributed by atoms with E-state index in [-0.39, 0.29) is 16.8 Å². The van der Waals surface area contributed by atoms with Crippen LogP contribution in [0, 0.1) is 0 Å². The smallest absolute Gasteiger partial charge is 0.318 e. The molecule has 0 aliphatic rings. The summed E-state index contributed by atoms with van der Waals surface area (Å²) in [4.78, 5) is 23.6. The molecule has 0 heterocycles. The van der Waals surface area contributed by atoms with E-state index in [4.69, 9.17) is 11.6 Å². The van der Waals surface area contributed by atoms with Gasteiger partial charge in [-0.3, -0.25) is 9.59 Å². The van der Waals surface area contributed by atoms with Crippen LogP contribution in [-0.4, -0.2) is 11.8 Å². The van der Waals surface area contributed by atoms with E-state index in [1.807, 2.05) is 0 Å². The maximum absolute atomic E-state index is 12.8. The van der Waals surface area contributed by atoms with Crippen molar-refractivity contribution < 1.29 is 35.9 Å². The number of hydrogen-bond acceptors (Lipinski definition) is 2. The highest BCUT2D eigenvalue weighted by atomic mass is 35.5. The third kappa shape index (κ3) is 5.61. The molecule has 0 radical (unpaired) electrons. The second-order valence-electron chi connectivity index (χ2n) is 5.21. The standard InChI is InChI=1S/C16H9ClF6N2O2/c17-10-2-1-3-11(7-10)24-13(26)14(27)25-12-5-8(15(18,19)20)4-9(6-12)16(21,22)23/h1-7H,(H,24,26)(H,25,27). The van der Waals surface area contributed by atoms with E-state index < -0.39 is 41.0 Å². The van der Waals surface area contributed by atoms with E-state index in [0.717, 1.165) is 0 Å². The van der Waals surface area contributed by atoms with E-state index in [1.54, 1.807) is 5.32 Å². The summed E-state index contributed by atoms with van der Waals surface area (Å²) in [7, 11) is 0. The fourth-order valence-electron chi connectivity index (χ4n) is 1.97. The van der Waals surface area contributed by atoms with Crippen LogP contribution >= 0.6 is 11.6 Å². The predicted molar refractivity (Wildman–Crippen MR) is 85.2 cm³/mol. The van der Waals surface area contributed by atoms with Crippen molar-refractivity contribution in [2.24, 2.45) is 0 Å². The lowest BCUT2D eigenvalue weighted by atomic mass is 10.1. The van der Waals surface area contributed by atoms with Crippen LogP contribution in [0.5, 0.6) is 0 Å². The molecular formula is C16H9ClF6N2O2. The first kappa shape index (κ1) is 20.6. The zero-order valence-electron chi connectivity index (χ0n) is 13.0. The number of alkyl halides is 6. The number of carbonyl (C=O) groups excluding carboxylic acids is 2. The van der Waals surface area contributed by atoms with Crippen LogP contribution in [0.4, 0.5) is 37.7 Å². The van der Waals surface area contributed by atoms with E-state index in [1.165, 1.54) is 24.3 Å². The number of carbonyl (C=O) groups is 2. The highest BCUT2D eigenvalue weighted by Gasteiger charge is 2.37. The molecular weight excluding hydrogens is 402 g/mol. The molecule has 4 nitrogen and oxygen atoms in total. The summed E-state index contributed by atoms with van der Waals surface area (Å²) in [5, 5.41) is 4.07. The molecule has 2 aromatic rings. The predicted octanol–water partition coefficient (Wildman–Crippen LogP) is 4.95. The van der Waals surface area contributed by atoms with E-state index in [2.05, 4.69) is 5.32 Å². The summed E-state index contributed by atoms with van der Waals surface area (Å²) in [6, 6.07) is 6.10. The second-order valence-corrected chi connectivity index (χ2v) is 5.65. The van der Waals surface area contributed by atoms with Gasteiger partial charge in [0.2, 0.25) is 0 Å². The van der Waals surface area contributed by atoms with Gasteiger partial charge in [0.1, 0.15) is 0 Å². The van der Waals surface area contributed by atoms with Gasteiger partial charge in [-0.05, 0) is 36.4 Å². The van der Waals surface area contributed by atoms with Gasteiger partial charge in [0.25, 0.3) is 0 Å². The minimum absolute atomic E-state index is 0.0955. The lowest BCUT2D eigenvalue weighted by Crippen LogP contribution is -2.29. The number of nitrogens with one attached hydrogen (secondary N) is 2. The number of rotatable bonds is 2. The average Bonchev–Trinajstić information content (AvgIpc) is 2.52. The molecule has 0 fully saturated rings. The Hall–Kier alpha value is -2.75. The number of amides is 2. The molecule has 0 aromatic heterocycles. The summed E-state index contributed by atoms with van der Waals surface area (Å²) in [6.45, 7) is 0. The SMILES string of the molecule is O=C(Nc1cccc(Cl)c1)C(=O)Nc1cc(C(F)(F)F)cc(C(F)(F)F)c1. The van der Waals surface area contributed by atoms with Crippen molar-refractivity contribution in [2.75, 3.05) is 10.6 Å². The molecule has 0 saturated carbocycles. The lowest BCUT2D eigenvalue weighted by molar-refractivity contribution is -0.143. The van der Waals surface area contributed by atoms with E-state index >= 15 is 0 Å². The van der Waals surface area contributed by atoms with Gasteiger partial charge >= 0.3 is 24.2 Å². The molecule has 0 atom stereocenters. The Morgan fingerprint density at radius 2 is 1.22 bits per heavy atom. The summed E-state index contributed by atoms with van der Waals surface area (Å²) in [5.74, 6) is -2.76. The topological polar surface area (TPSA) is 58.2 Å². The molecule has 0 bridgehead atoms. The Morgan fingerprint density at radius 1 is 0.741 bits per heavy atom. The summed E-state index contributed by atoms with van der Waals surface area (Å²) >= 11 is 5.69. The number of anilines is 2. The molecule has 2 amide bonds. The molecule has 144 valence electrons. The van der Waals surface area contributed by atoms with Crippen molar-refractivity contribution in [3.8, 4) is 0 Å². The first-order valence-electron chi connectivity index (χ1n) is 7.03. The molecule has 2 rings (SSSR count). The maximum Gasteiger partial charge on any atom is 0.416 e. The van der Waals surface area contributed by atoms with Crippen LogP contribution < -0.4 is 10.6 Å². The summed E-state index contributed by atoms with van der Waals surface area (Å²) < 4.78 is 76.7. The van der Waals surface area contributed by atoms with Gasteiger partial charge < -0.3 is 10.6 Å². The van der Waals surface area contributed by atoms with Crippen LogP contribution in [0.3, 0.4) is 0 Å². The monoisotopic (exact) mass is 410 g/mol. The van der Waals surface area contributed by atoms with Gasteiger partial charge in [-0.25, -0.2) is 0 Å². The van der Waals surface area contributed by atoms with Crippen molar-refractivity contribution in [2.45, 2.75) is 12.4 Å². The van der Waals surface area contributed by atoms with Gasteiger partial charge in [-0.2, -0.15) is 26.3 Å². The first-order valence-corrected chi connectivity index (χ1v) is 7.41. The van der Waals surface area contributed by atoms with Crippen molar-refractivity contribution >= 4 is 34.8 Å². The highest BCUT2D eigenvalue weighted by Crippen LogP contribution is 2.37. The lowest BCUT2D eigenvalue weighted by Gasteiger charge is -2.14. The zero-order valence-corrected chi connectivity index (χ0v) is 13.8. The van der Waals surface area contributed by atoms with Crippen molar-refractivity contribution in [3.63, 3.8) is 0 Å². The van der Waals surface area contributed by atoms with Crippen molar-refractivity contribution in [1.82, 2.24) is 0 Å². The minimum atomic E-state index is -5.08. The van der Waals surface area contributed by atoms with Crippen LogP contribution in [-0.2, 0) is 21.9 Å². The normalized spacial score (nSPS) is 11.8. The number of benzene rings is 2. The Kier molecular flexibility index (Phi) is 5.69. The fraction of sp³-hybridized carbons (Fsp3) is 0.125. The molecule has 0 saturated heterocycles. The Morgan fingerprint density at radius 3 is 1.67 bits per heavy atom. The van der Waals surface area contributed by atoms with Crippen LogP contribution in [0.1, 0.15) is 11.1 Å². The Balaban J connectivity index is 2.24. The van der Waals surface area contributed by atoms with Gasteiger partial charge in [-0.15, -0.1) is 0 Å². The third-order valence-corrected chi connectivity index (χ3v) is 3.37. The van der Waals surface area contributed by atoms with Gasteiger partial charge in [-0.1, -0.05) is 17.7 Å². The van der Waals surface area contributed by atoms with Gasteiger partial charge in [0.15, 0.2) is 0 Å². The van der Waals surface area contributed by atoms with E-state index in [0.29, 0.717) is 12.1 Å². The largest absolute Gasteiger partial charge is 0.416 e. The van der Waals surface area contributed by atoms with Gasteiger partial charge in [0, 0.05) is 16.4 Å². The number of hydrogen-bond donors (Lipinski definition) is 2. The maximum atomic E-state index is 12.8. The summed E-state index contributed by atoms with van der Waals surface area (Å²) in [6.07, 6.45) is -10.2. The van der Waals surface area contributed by atoms with Gasteiger partial charge in [0.05, 0.1) is 11.1 Å². The molecule has 0 spiro atoms. The van der Waals surface area contributed by atoms with Crippen LogP contribution in [0.15, 0.2) is 42.5 Å². The molecule has 0 aliphatic heterocycles. The molecule has 2 N–H and O–H groups in total. The quantitative estimate of drug-likeness (QED) is 0.543. The Bertz CT molecular complexity index is 848. The summed E-state index contributed by atoms with van der Waals surface area (Å²) in [5.41, 5.74) is -3.96. The average molecular weight is 411 g/mol. The first-order chi connectivity index (χ1) is 12.4. The molecule has 2 aromatic carbocycles. The van der Waals surface area contributed by atoms with Crippen LogP contribution in [0.25, 0.3) is 0 Å². The fourth-order valence-corrected chi connectivity index (χ4v) is 2.16. The minimum Gasteiger partial charge on any atom is -0.318 e. The van der Waals surface area contributed by atoms with Crippen LogP contribution in [0.2, 0.25) is 5.02 Å². The Labute approximate surface area is 153 Å². The molecule has 0 aliphatic carbocycles. The molecule has 27 heavy (non-hydrogen) atoms. The van der Waals surface area contributed by atoms with Crippen molar-refractivity contribution in [3.05, 3.63) is 58.6 Å². The second kappa shape index (κ2) is 7.47. The molecule has 11 heteroatoms. The third-order valence-electron chi connectivity index (χ3n) is 3.13. The van der Waals surface area contributed by atoms with Crippen molar-refractivity contribution in [1.29, 1.82) is 0 Å². The number of halogens is 7. The van der Waals surface area contributed by atoms with E-state index in [9.17, 15) is 35.9 Å².